The first-order valence-corrected chi connectivity index (χ1v) is 6.95. The van der Waals surface area contributed by atoms with Gasteiger partial charge in [0.1, 0.15) is 0 Å². The summed E-state index contributed by atoms with van der Waals surface area (Å²) in [6.07, 6.45) is 1.85. The Bertz CT molecular complexity index is 407. The zero-order valence-corrected chi connectivity index (χ0v) is 11.6. The first kappa shape index (κ1) is 14.0. The highest BCUT2D eigenvalue weighted by atomic mass is 16.2. The quantitative estimate of drug-likeness (QED) is 0.833. The van der Waals surface area contributed by atoms with E-state index in [0.29, 0.717) is 6.54 Å². The third kappa shape index (κ3) is 3.55. The minimum Gasteiger partial charge on any atom is -0.344 e. The minimum absolute atomic E-state index is 0.0248. The molecule has 1 amide bonds. The van der Waals surface area contributed by atoms with Crippen LogP contribution in [0.5, 0.6) is 0 Å². The number of rotatable bonds is 6. The van der Waals surface area contributed by atoms with Crippen LogP contribution in [0.25, 0.3) is 0 Å². The zero-order chi connectivity index (χ0) is 13.7. The fourth-order valence-electron chi connectivity index (χ4n) is 2.60. The Morgan fingerprint density at radius 1 is 1.37 bits per heavy atom. The molecule has 1 fully saturated rings. The van der Waals surface area contributed by atoms with E-state index in [-0.39, 0.29) is 11.9 Å². The molecule has 0 aliphatic carbocycles. The van der Waals surface area contributed by atoms with Gasteiger partial charge in [-0.15, -0.1) is 0 Å². The lowest BCUT2D eigenvalue weighted by Gasteiger charge is -2.27. The van der Waals surface area contributed by atoms with E-state index >= 15 is 0 Å². The van der Waals surface area contributed by atoms with Crippen molar-refractivity contribution in [1.29, 1.82) is 0 Å². The van der Waals surface area contributed by atoms with Crippen molar-refractivity contribution in [1.82, 2.24) is 9.80 Å². The van der Waals surface area contributed by atoms with Crippen LogP contribution in [0.1, 0.15) is 18.4 Å². The Balaban J connectivity index is 2.05. The number of nitrogens with two attached hydrogens (primary N) is 1. The van der Waals surface area contributed by atoms with Crippen LogP contribution in [-0.2, 0) is 11.3 Å². The Morgan fingerprint density at radius 3 is 2.68 bits per heavy atom. The molecule has 1 saturated heterocycles. The first-order chi connectivity index (χ1) is 9.22. The summed E-state index contributed by atoms with van der Waals surface area (Å²) in [5.74, 6) is 0.243. The van der Waals surface area contributed by atoms with Crippen molar-refractivity contribution in [2.75, 3.05) is 26.7 Å². The monoisotopic (exact) mass is 261 g/mol. The van der Waals surface area contributed by atoms with E-state index in [4.69, 9.17) is 5.73 Å². The third-order valence-corrected chi connectivity index (χ3v) is 3.72. The highest BCUT2D eigenvalue weighted by molar-refractivity contribution is 5.83. The number of nitrogens with zero attached hydrogens (tertiary/aromatic N) is 2. The zero-order valence-electron chi connectivity index (χ0n) is 11.6. The maximum Gasteiger partial charge on any atom is 0.239 e. The lowest BCUT2D eigenvalue weighted by atomic mass is 10.1. The summed E-state index contributed by atoms with van der Waals surface area (Å²) in [5, 5.41) is 0. The molecule has 0 aromatic heterocycles. The van der Waals surface area contributed by atoms with Gasteiger partial charge >= 0.3 is 0 Å². The van der Waals surface area contributed by atoms with Gasteiger partial charge in [-0.3, -0.25) is 9.69 Å². The van der Waals surface area contributed by atoms with Crippen LogP contribution in [-0.4, -0.2) is 48.4 Å². The van der Waals surface area contributed by atoms with Crippen LogP contribution >= 0.6 is 0 Å². The van der Waals surface area contributed by atoms with Crippen LogP contribution in [0.15, 0.2) is 30.3 Å². The van der Waals surface area contributed by atoms with Gasteiger partial charge in [-0.25, -0.2) is 0 Å². The number of likely N-dealkylation sites (N-methyl/N-ethyl adjacent to an activating group) is 1. The molecule has 1 aromatic carbocycles. The van der Waals surface area contributed by atoms with Crippen molar-refractivity contribution >= 4 is 5.91 Å². The van der Waals surface area contributed by atoms with E-state index in [1.165, 1.54) is 5.56 Å². The summed E-state index contributed by atoms with van der Waals surface area (Å²) in [6.45, 7) is 3.24. The van der Waals surface area contributed by atoms with Crippen LogP contribution in [0.4, 0.5) is 0 Å². The van der Waals surface area contributed by atoms with E-state index in [9.17, 15) is 4.79 Å². The van der Waals surface area contributed by atoms with Gasteiger partial charge in [-0.05, 0) is 24.9 Å². The van der Waals surface area contributed by atoms with Gasteiger partial charge in [0.05, 0.1) is 6.04 Å². The number of hydrogen-bond acceptors (Lipinski definition) is 3. The molecule has 4 nitrogen and oxygen atoms in total. The number of benzene rings is 1. The molecule has 2 rings (SSSR count). The van der Waals surface area contributed by atoms with Gasteiger partial charge in [0.15, 0.2) is 0 Å². The van der Waals surface area contributed by atoms with Gasteiger partial charge in [0.2, 0.25) is 5.91 Å². The summed E-state index contributed by atoms with van der Waals surface area (Å²) in [4.78, 5) is 16.2. The largest absolute Gasteiger partial charge is 0.344 e. The maximum absolute atomic E-state index is 12.2. The molecule has 1 aliphatic rings. The van der Waals surface area contributed by atoms with Gasteiger partial charge in [0.25, 0.3) is 0 Å². The molecule has 1 unspecified atom stereocenters. The second-order valence-corrected chi connectivity index (χ2v) is 5.16. The van der Waals surface area contributed by atoms with Crippen LogP contribution in [0, 0.1) is 0 Å². The van der Waals surface area contributed by atoms with E-state index in [1.54, 1.807) is 0 Å². The lowest BCUT2D eigenvalue weighted by Crippen LogP contribution is -2.41. The van der Waals surface area contributed by atoms with Crippen LogP contribution in [0.3, 0.4) is 0 Å². The molecule has 2 N–H and O–H groups in total. The van der Waals surface area contributed by atoms with E-state index in [1.807, 2.05) is 30.1 Å². The van der Waals surface area contributed by atoms with Crippen LogP contribution < -0.4 is 5.73 Å². The number of likely N-dealkylation sites (tertiary alicyclic amines) is 1. The van der Waals surface area contributed by atoms with E-state index < -0.39 is 0 Å². The van der Waals surface area contributed by atoms with Gasteiger partial charge in [-0.2, -0.15) is 0 Å². The molecule has 1 aromatic rings. The summed E-state index contributed by atoms with van der Waals surface area (Å²) < 4.78 is 0. The fraction of sp³-hybridized carbons (Fsp3) is 0.533. The first-order valence-electron chi connectivity index (χ1n) is 6.95. The summed E-state index contributed by atoms with van der Waals surface area (Å²) in [5.41, 5.74) is 6.86. The van der Waals surface area contributed by atoms with Crippen molar-refractivity contribution in [2.24, 2.45) is 5.73 Å². The normalized spacial score (nSPS) is 19.4. The SMILES string of the molecule is CN1CCC(N(CCCN)Cc2ccccc2)C1=O. The standard InChI is InChI=1S/C15H23N3O/c1-17-11-8-14(15(17)19)18(10-5-9-16)12-13-6-3-2-4-7-13/h2-4,6-7,14H,5,8-12,16H2,1H3. The fourth-order valence-corrected chi connectivity index (χ4v) is 2.60. The molecule has 1 atom stereocenters. The second kappa shape index (κ2) is 6.68. The van der Waals surface area contributed by atoms with Gasteiger partial charge < -0.3 is 10.6 Å². The van der Waals surface area contributed by atoms with Crippen molar-refractivity contribution in [3.8, 4) is 0 Å². The second-order valence-electron chi connectivity index (χ2n) is 5.16. The molecular formula is C15H23N3O. The molecule has 0 spiro atoms. The van der Waals surface area contributed by atoms with Crippen molar-refractivity contribution in [3.63, 3.8) is 0 Å². The van der Waals surface area contributed by atoms with E-state index in [2.05, 4.69) is 17.0 Å². The molecule has 1 heterocycles. The van der Waals surface area contributed by atoms with Crippen molar-refractivity contribution in [2.45, 2.75) is 25.4 Å². The highest BCUT2D eigenvalue weighted by Crippen LogP contribution is 2.18. The molecule has 4 heteroatoms. The smallest absolute Gasteiger partial charge is 0.239 e. The predicted octanol–water partition coefficient (Wildman–Crippen LogP) is 1.07. The molecule has 1 aliphatic heterocycles. The predicted molar refractivity (Wildman–Crippen MR) is 76.6 cm³/mol. The molecule has 19 heavy (non-hydrogen) atoms. The molecule has 0 bridgehead atoms. The topological polar surface area (TPSA) is 49.6 Å². The third-order valence-electron chi connectivity index (χ3n) is 3.72. The maximum atomic E-state index is 12.2. The summed E-state index contributed by atoms with van der Waals surface area (Å²) >= 11 is 0. The Labute approximate surface area is 115 Å². The van der Waals surface area contributed by atoms with Gasteiger partial charge in [-0.1, -0.05) is 30.3 Å². The number of amides is 1. The molecular weight excluding hydrogens is 238 g/mol. The molecule has 104 valence electrons. The average molecular weight is 261 g/mol. The van der Waals surface area contributed by atoms with E-state index in [0.717, 1.165) is 32.5 Å². The number of carbonyl (C=O) groups is 1. The van der Waals surface area contributed by atoms with Crippen molar-refractivity contribution in [3.05, 3.63) is 35.9 Å². The lowest BCUT2D eigenvalue weighted by molar-refractivity contribution is -0.131. The average Bonchev–Trinajstić information content (AvgIpc) is 2.76. The molecule has 0 saturated carbocycles. The highest BCUT2D eigenvalue weighted by Gasteiger charge is 2.33. The minimum atomic E-state index is 0.0248. The van der Waals surface area contributed by atoms with Crippen molar-refractivity contribution < 1.29 is 4.79 Å². The van der Waals surface area contributed by atoms with Crippen LogP contribution in [0.2, 0.25) is 0 Å². The summed E-state index contributed by atoms with van der Waals surface area (Å²) in [6, 6.07) is 10.3. The Kier molecular flexibility index (Phi) is 4.93. The van der Waals surface area contributed by atoms with Gasteiger partial charge in [0, 0.05) is 26.7 Å². The summed E-state index contributed by atoms with van der Waals surface area (Å²) in [7, 11) is 1.88. The molecule has 0 radical (unpaired) electrons. The Morgan fingerprint density at radius 2 is 2.11 bits per heavy atom. The Hall–Kier alpha value is -1.39. The number of hydrogen-bond donors (Lipinski definition) is 1. The number of carbonyl (C=O) groups excluding carboxylic acids is 1.